The van der Waals surface area contributed by atoms with Crippen molar-refractivity contribution in [3.63, 3.8) is 0 Å². The molecule has 260 valence electrons. The number of carboxylic acids is 1. The molecule has 0 rings (SSSR count). The van der Waals surface area contributed by atoms with E-state index in [0.717, 1.165) is 38.5 Å². The van der Waals surface area contributed by atoms with Crippen molar-refractivity contribution in [3.8, 4) is 0 Å². The molecule has 0 aromatic rings. The van der Waals surface area contributed by atoms with Gasteiger partial charge in [-0.25, -0.2) is 0 Å². The van der Waals surface area contributed by atoms with Gasteiger partial charge in [0.05, 0.1) is 0 Å². The monoisotopic (exact) mass is 621 g/mol. The van der Waals surface area contributed by atoms with Gasteiger partial charge in [0.2, 0.25) is 0 Å². The largest absolute Gasteiger partial charge is 0.481 e. The normalized spacial score (nSPS) is 12.2. The van der Waals surface area contributed by atoms with Crippen LogP contribution in [0.15, 0.2) is 12.2 Å². The summed E-state index contributed by atoms with van der Waals surface area (Å²) in [4.78, 5) is 23.2. The van der Waals surface area contributed by atoms with Gasteiger partial charge in [0.15, 0.2) is 0 Å². The Hall–Kier alpha value is -1.32. The molecule has 0 aliphatic carbocycles. The predicted molar refractivity (Wildman–Crippen MR) is 190 cm³/mol. The van der Waals surface area contributed by atoms with Gasteiger partial charge < -0.3 is 9.84 Å². The molecule has 0 aromatic carbocycles. The van der Waals surface area contributed by atoms with Crippen molar-refractivity contribution in [2.75, 3.05) is 0 Å². The van der Waals surface area contributed by atoms with Crippen molar-refractivity contribution in [3.05, 3.63) is 12.2 Å². The molecule has 1 unspecified atom stereocenters. The summed E-state index contributed by atoms with van der Waals surface area (Å²) in [6, 6.07) is 0. The molecule has 0 aromatic heterocycles. The number of carboxylic acid groups (broad SMARTS) is 1. The van der Waals surface area contributed by atoms with Gasteiger partial charge >= 0.3 is 11.9 Å². The molecular weight excluding hydrogens is 544 g/mol. The van der Waals surface area contributed by atoms with E-state index < -0.39 is 5.97 Å². The minimum atomic E-state index is -0.671. The molecule has 0 aliphatic rings. The number of unbranched alkanes of at least 4 members (excludes halogenated alkanes) is 25. The number of ether oxygens (including phenoxy) is 1. The van der Waals surface area contributed by atoms with Crippen LogP contribution in [-0.4, -0.2) is 23.1 Å². The second kappa shape index (κ2) is 36.2. The van der Waals surface area contributed by atoms with Crippen LogP contribution in [-0.2, 0) is 14.3 Å². The molecule has 0 saturated carbocycles. The highest BCUT2D eigenvalue weighted by Gasteiger charge is 2.14. The third kappa shape index (κ3) is 35.2. The molecule has 0 radical (unpaired) electrons. The van der Waals surface area contributed by atoms with E-state index in [4.69, 9.17) is 9.84 Å². The maximum Gasteiger partial charge on any atom is 0.306 e. The lowest BCUT2D eigenvalue weighted by Crippen LogP contribution is -2.18. The van der Waals surface area contributed by atoms with Crippen LogP contribution in [0.25, 0.3) is 0 Å². The lowest BCUT2D eigenvalue weighted by Gasteiger charge is -2.18. The Labute approximate surface area is 275 Å². The maximum atomic E-state index is 12.7. The lowest BCUT2D eigenvalue weighted by atomic mass is 10.0. The first-order valence-electron chi connectivity index (χ1n) is 19.7. The van der Waals surface area contributed by atoms with Crippen molar-refractivity contribution in [2.45, 2.75) is 232 Å². The van der Waals surface area contributed by atoms with Gasteiger partial charge in [0.1, 0.15) is 6.10 Å². The Morgan fingerprint density at radius 3 is 1.25 bits per heavy atom. The summed E-state index contributed by atoms with van der Waals surface area (Å²) in [5.41, 5.74) is 0. The molecule has 0 aliphatic heterocycles. The lowest BCUT2D eigenvalue weighted by molar-refractivity contribution is -0.150. The van der Waals surface area contributed by atoms with E-state index in [-0.39, 0.29) is 12.1 Å². The van der Waals surface area contributed by atoms with Gasteiger partial charge in [-0.1, -0.05) is 161 Å². The van der Waals surface area contributed by atoms with Crippen LogP contribution < -0.4 is 0 Å². The Bertz CT molecular complexity index is 629. The number of allylic oxidation sites excluding steroid dienone is 2. The molecular formula is C40H76O4. The first-order valence-corrected chi connectivity index (χ1v) is 19.7. The van der Waals surface area contributed by atoms with E-state index in [2.05, 4.69) is 26.0 Å². The van der Waals surface area contributed by atoms with Crippen molar-refractivity contribution < 1.29 is 19.4 Å². The van der Waals surface area contributed by atoms with Crippen LogP contribution in [0.4, 0.5) is 0 Å². The molecule has 4 nitrogen and oxygen atoms in total. The van der Waals surface area contributed by atoms with Gasteiger partial charge in [-0.3, -0.25) is 9.59 Å². The summed E-state index contributed by atoms with van der Waals surface area (Å²) in [5, 5.41) is 8.70. The molecule has 0 amide bonds. The van der Waals surface area contributed by atoms with Crippen molar-refractivity contribution in [1.29, 1.82) is 0 Å². The summed E-state index contributed by atoms with van der Waals surface area (Å²) in [6.07, 6.45) is 43.8. The molecule has 0 heterocycles. The fourth-order valence-electron chi connectivity index (χ4n) is 6.06. The molecule has 0 spiro atoms. The number of carbonyl (C=O) groups excluding carboxylic acids is 1. The van der Waals surface area contributed by atoms with E-state index in [9.17, 15) is 9.59 Å². The first kappa shape index (κ1) is 42.7. The van der Waals surface area contributed by atoms with Crippen molar-refractivity contribution in [2.24, 2.45) is 0 Å². The number of rotatable bonds is 36. The molecule has 1 N–H and O–H groups in total. The van der Waals surface area contributed by atoms with Crippen LogP contribution in [0.1, 0.15) is 226 Å². The van der Waals surface area contributed by atoms with Crippen LogP contribution in [0.2, 0.25) is 0 Å². The number of esters is 1. The fourth-order valence-corrected chi connectivity index (χ4v) is 6.06. The van der Waals surface area contributed by atoms with Crippen LogP contribution >= 0.6 is 0 Å². The zero-order valence-electron chi connectivity index (χ0n) is 29.7. The van der Waals surface area contributed by atoms with Crippen LogP contribution in [0.3, 0.4) is 0 Å². The Balaban J connectivity index is 3.99. The Morgan fingerprint density at radius 1 is 0.477 bits per heavy atom. The van der Waals surface area contributed by atoms with E-state index in [1.54, 1.807) is 0 Å². The van der Waals surface area contributed by atoms with E-state index >= 15 is 0 Å². The van der Waals surface area contributed by atoms with Gasteiger partial charge in [-0.2, -0.15) is 0 Å². The SMILES string of the molecule is CCCCCC/C=C\CCCCCCCC(=O)OC(CCCCCCCCC)CCCCCCCCCCCCCC(=O)O. The second-order valence-electron chi connectivity index (χ2n) is 13.5. The highest BCUT2D eigenvalue weighted by Crippen LogP contribution is 2.19. The molecule has 0 saturated heterocycles. The van der Waals surface area contributed by atoms with Gasteiger partial charge in [-0.05, 0) is 64.2 Å². The number of aliphatic carboxylic acids is 1. The summed E-state index contributed by atoms with van der Waals surface area (Å²) in [6.45, 7) is 4.53. The number of carbonyl (C=O) groups is 2. The van der Waals surface area contributed by atoms with Crippen LogP contribution in [0.5, 0.6) is 0 Å². The zero-order chi connectivity index (χ0) is 32.2. The minimum Gasteiger partial charge on any atom is -0.481 e. The first-order chi connectivity index (χ1) is 21.6. The average molecular weight is 621 g/mol. The summed E-state index contributed by atoms with van der Waals surface area (Å²) >= 11 is 0. The van der Waals surface area contributed by atoms with Gasteiger partial charge in [-0.15, -0.1) is 0 Å². The number of hydrogen-bond acceptors (Lipinski definition) is 3. The quantitative estimate of drug-likeness (QED) is 0.0430. The minimum absolute atomic E-state index is 0.0342. The second-order valence-corrected chi connectivity index (χ2v) is 13.5. The fraction of sp³-hybridized carbons (Fsp3) is 0.900. The number of hydrogen-bond donors (Lipinski definition) is 1. The van der Waals surface area contributed by atoms with Crippen molar-refractivity contribution in [1.82, 2.24) is 0 Å². The molecule has 4 heteroatoms. The Kier molecular flexibility index (Phi) is 35.1. The topological polar surface area (TPSA) is 63.6 Å². The predicted octanol–water partition coefficient (Wildman–Crippen LogP) is 13.5. The average Bonchev–Trinajstić information content (AvgIpc) is 3.01. The van der Waals surface area contributed by atoms with Crippen LogP contribution in [0, 0.1) is 0 Å². The maximum absolute atomic E-state index is 12.7. The van der Waals surface area contributed by atoms with Gasteiger partial charge in [0, 0.05) is 12.8 Å². The Morgan fingerprint density at radius 2 is 0.818 bits per heavy atom. The summed E-state index contributed by atoms with van der Waals surface area (Å²) in [7, 11) is 0. The highest BCUT2D eigenvalue weighted by atomic mass is 16.5. The smallest absolute Gasteiger partial charge is 0.306 e. The summed E-state index contributed by atoms with van der Waals surface area (Å²) < 4.78 is 6.04. The third-order valence-corrected chi connectivity index (χ3v) is 8.99. The molecule has 0 fully saturated rings. The van der Waals surface area contributed by atoms with E-state index in [1.807, 2.05) is 0 Å². The molecule has 1 atom stereocenters. The van der Waals surface area contributed by atoms with Crippen molar-refractivity contribution >= 4 is 11.9 Å². The highest BCUT2D eigenvalue weighted by molar-refractivity contribution is 5.69. The van der Waals surface area contributed by atoms with E-state index in [0.29, 0.717) is 12.8 Å². The zero-order valence-corrected chi connectivity index (χ0v) is 29.7. The summed E-state index contributed by atoms with van der Waals surface area (Å²) in [5.74, 6) is -0.637. The van der Waals surface area contributed by atoms with E-state index in [1.165, 1.54) is 161 Å². The standard InChI is InChI=1S/C40H76O4/c1-3-5-7-9-11-12-13-14-18-21-25-29-33-37-40(43)44-38(34-30-26-22-10-8-6-4-2)35-31-27-23-19-16-15-17-20-24-28-32-36-39(41)42/h12-13,38H,3-11,14-37H2,1-2H3,(H,41,42)/b13-12-. The molecule has 0 bridgehead atoms. The van der Waals surface area contributed by atoms with Gasteiger partial charge in [0.25, 0.3) is 0 Å². The third-order valence-electron chi connectivity index (χ3n) is 8.99. The molecule has 44 heavy (non-hydrogen) atoms.